The third-order valence-corrected chi connectivity index (χ3v) is 5.42. The second kappa shape index (κ2) is 5.07. The third-order valence-electron chi connectivity index (χ3n) is 3.59. The molecule has 2 atom stereocenters. The van der Waals surface area contributed by atoms with Crippen LogP contribution in [-0.2, 0) is 10.0 Å². The largest absolute Gasteiger partial charge is 0.384 e. The first-order valence-corrected chi connectivity index (χ1v) is 7.64. The molecule has 106 valence electrons. The number of hydrogen-bond donors (Lipinski definition) is 1. The molecule has 1 aromatic rings. The Bertz CT molecular complexity index is 559. The highest BCUT2D eigenvalue weighted by Gasteiger charge is 2.38. The molecule has 0 spiro atoms. The Balaban J connectivity index is 2.27. The Kier molecular flexibility index (Phi) is 3.80. The van der Waals surface area contributed by atoms with Gasteiger partial charge in [0, 0.05) is 31.4 Å². The summed E-state index contributed by atoms with van der Waals surface area (Å²) in [7, 11) is 0.474. The number of nitrogen functional groups attached to an aromatic ring is 1. The number of aromatic nitrogens is 1. The highest BCUT2D eigenvalue weighted by molar-refractivity contribution is 7.89. The summed E-state index contributed by atoms with van der Waals surface area (Å²) in [4.78, 5) is 6.11. The van der Waals surface area contributed by atoms with Crippen LogP contribution in [0, 0.1) is 5.92 Å². The summed E-state index contributed by atoms with van der Waals surface area (Å²) >= 11 is 0. The maximum absolute atomic E-state index is 12.5. The van der Waals surface area contributed by atoms with Crippen LogP contribution in [0.5, 0.6) is 0 Å². The van der Waals surface area contributed by atoms with Gasteiger partial charge in [0.05, 0.1) is 4.90 Å². The van der Waals surface area contributed by atoms with Gasteiger partial charge in [-0.05, 0) is 26.1 Å². The lowest BCUT2D eigenvalue weighted by atomic mass is 10.1. The molecule has 19 heavy (non-hydrogen) atoms. The number of anilines is 1. The van der Waals surface area contributed by atoms with Gasteiger partial charge in [-0.1, -0.05) is 6.92 Å². The van der Waals surface area contributed by atoms with E-state index in [-0.39, 0.29) is 16.8 Å². The molecule has 6 nitrogen and oxygen atoms in total. The summed E-state index contributed by atoms with van der Waals surface area (Å²) in [6.45, 7) is 3.12. The fourth-order valence-electron chi connectivity index (χ4n) is 2.51. The molecule has 0 aromatic carbocycles. The molecule has 1 aliphatic rings. The van der Waals surface area contributed by atoms with Gasteiger partial charge in [0.1, 0.15) is 5.82 Å². The van der Waals surface area contributed by atoms with Crippen molar-refractivity contribution in [2.75, 3.05) is 32.9 Å². The molecule has 0 amide bonds. The number of hydrogen-bond acceptors (Lipinski definition) is 5. The predicted molar refractivity (Wildman–Crippen MR) is 74.0 cm³/mol. The number of likely N-dealkylation sites (N-methyl/N-ethyl adjacent to an activating group) is 1. The van der Waals surface area contributed by atoms with Crippen molar-refractivity contribution in [3.63, 3.8) is 0 Å². The Morgan fingerprint density at radius 3 is 2.63 bits per heavy atom. The van der Waals surface area contributed by atoms with Crippen LogP contribution in [0.3, 0.4) is 0 Å². The smallest absolute Gasteiger partial charge is 0.243 e. The maximum atomic E-state index is 12.5. The fraction of sp³-hybridized carbons (Fsp3) is 0.583. The summed E-state index contributed by atoms with van der Waals surface area (Å²) in [6.07, 6.45) is 1.42. The third kappa shape index (κ3) is 2.72. The monoisotopic (exact) mass is 284 g/mol. The molecule has 7 heteroatoms. The molecule has 2 rings (SSSR count). The van der Waals surface area contributed by atoms with Crippen molar-refractivity contribution in [2.45, 2.75) is 17.9 Å². The minimum atomic E-state index is -3.47. The molecule has 0 saturated carbocycles. The van der Waals surface area contributed by atoms with Crippen molar-refractivity contribution in [3.05, 3.63) is 18.3 Å². The summed E-state index contributed by atoms with van der Waals surface area (Å²) in [5.74, 6) is 0.529. The molecule has 0 bridgehead atoms. The van der Waals surface area contributed by atoms with E-state index in [1.54, 1.807) is 0 Å². The van der Waals surface area contributed by atoms with E-state index in [9.17, 15) is 8.42 Å². The molecule has 0 radical (unpaired) electrons. The zero-order chi connectivity index (χ0) is 14.2. The second-order valence-electron chi connectivity index (χ2n) is 5.25. The average Bonchev–Trinajstić information content (AvgIpc) is 2.72. The second-order valence-corrected chi connectivity index (χ2v) is 7.18. The highest BCUT2D eigenvalue weighted by atomic mass is 32.2. The molecule has 2 heterocycles. The van der Waals surface area contributed by atoms with E-state index < -0.39 is 10.0 Å². The van der Waals surface area contributed by atoms with Crippen LogP contribution in [-0.4, -0.2) is 55.8 Å². The number of nitrogens with two attached hydrogens (primary N) is 1. The summed E-state index contributed by atoms with van der Waals surface area (Å²) in [5.41, 5.74) is 5.55. The van der Waals surface area contributed by atoms with E-state index in [4.69, 9.17) is 5.73 Å². The van der Waals surface area contributed by atoms with Gasteiger partial charge in [-0.15, -0.1) is 0 Å². The van der Waals surface area contributed by atoms with E-state index in [1.165, 1.54) is 22.6 Å². The average molecular weight is 284 g/mol. The predicted octanol–water partition coefficient (Wildman–Crippen LogP) is 0.234. The quantitative estimate of drug-likeness (QED) is 0.860. The summed E-state index contributed by atoms with van der Waals surface area (Å²) in [5, 5.41) is 0. The lowest BCUT2D eigenvalue weighted by molar-refractivity contribution is 0.263. The van der Waals surface area contributed by atoms with Crippen LogP contribution in [0.15, 0.2) is 23.2 Å². The number of nitrogens with zero attached hydrogens (tertiary/aromatic N) is 3. The minimum absolute atomic E-state index is 0.214. The van der Waals surface area contributed by atoms with Gasteiger partial charge in [0.25, 0.3) is 0 Å². The van der Waals surface area contributed by atoms with Crippen LogP contribution in [0.1, 0.15) is 6.92 Å². The van der Waals surface area contributed by atoms with Crippen LogP contribution in [0.25, 0.3) is 0 Å². The summed E-state index contributed by atoms with van der Waals surface area (Å²) in [6, 6.07) is 3.14. The molecule has 1 fully saturated rings. The lowest BCUT2D eigenvalue weighted by Gasteiger charge is -2.22. The standard InChI is InChI=1S/C12H20N4O2S/c1-9-7-16(8-11(9)15(2)3)19(17,18)10-4-5-14-12(13)6-10/h4-6,9,11H,7-8H2,1-3H3,(H2,13,14). The normalized spacial score (nSPS) is 25.1. The zero-order valence-corrected chi connectivity index (χ0v) is 12.3. The Hall–Kier alpha value is -1.18. The first kappa shape index (κ1) is 14.2. The van der Waals surface area contributed by atoms with Gasteiger partial charge in [-0.2, -0.15) is 4.31 Å². The topological polar surface area (TPSA) is 79.5 Å². The van der Waals surface area contributed by atoms with Crippen LogP contribution >= 0.6 is 0 Å². The number of rotatable bonds is 3. The van der Waals surface area contributed by atoms with Crippen molar-refractivity contribution in [1.82, 2.24) is 14.2 Å². The van der Waals surface area contributed by atoms with Gasteiger partial charge in [-0.25, -0.2) is 13.4 Å². The molecular formula is C12H20N4O2S. The van der Waals surface area contributed by atoms with Crippen molar-refractivity contribution < 1.29 is 8.42 Å². The van der Waals surface area contributed by atoms with E-state index >= 15 is 0 Å². The first-order chi connectivity index (χ1) is 8.82. The first-order valence-electron chi connectivity index (χ1n) is 6.20. The van der Waals surface area contributed by atoms with Gasteiger partial charge in [0.15, 0.2) is 0 Å². The molecular weight excluding hydrogens is 264 g/mol. The van der Waals surface area contributed by atoms with Crippen molar-refractivity contribution in [2.24, 2.45) is 5.92 Å². The van der Waals surface area contributed by atoms with Gasteiger partial charge in [0.2, 0.25) is 10.0 Å². The van der Waals surface area contributed by atoms with Gasteiger partial charge >= 0.3 is 0 Å². The van der Waals surface area contributed by atoms with E-state index in [1.807, 2.05) is 14.1 Å². The summed E-state index contributed by atoms with van der Waals surface area (Å²) < 4.78 is 26.6. The van der Waals surface area contributed by atoms with Gasteiger partial charge < -0.3 is 10.6 Å². The highest BCUT2D eigenvalue weighted by Crippen LogP contribution is 2.26. The minimum Gasteiger partial charge on any atom is -0.384 e. The van der Waals surface area contributed by atoms with Crippen molar-refractivity contribution in [3.8, 4) is 0 Å². The molecule has 1 saturated heterocycles. The molecule has 2 N–H and O–H groups in total. The van der Waals surface area contributed by atoms with Crippen molar-refractivity contribution in [1.29, 1.82) is 0 Å². The lowest BCUT2D eigenvalue weighted by Crippen LogP contribution is -2.35. The molecule has 2 unspecified atom stereocenters. The molecule has 1 aromatic heterocycles. The van der Waals surface area contributed by atoms with Crippen molar-refractivity contribution >= 4 is 15.8 Å². The Morgan fingerprint density at radius 1 is 1.42 bits per heavy atom. The molecule has 0 aliphatic carbocycles. The van der Waals surface area contributed by atoms with E-state index in [2.05, 4.69) is 16.8 Å². The molecule has 1 aliphatic heterocycles. The zero-order valence-electron chi connectivity index (χ0n) is 11.4. The van der Waals surface area contributed by atoms with Crippen LogP contribution < -0.4 is 5.73 Å². The van der Waals surface area contributed by atoms with E-state index in [0.717, 1.165) is 0 Å². The SMILES string of the molecule is CC1CN(S(=O)(=O)c2ccnc(N)c2)CC1N(C)C. The Morgan fingerprint density at radius 2 is 2.11 bits per heavy atom. The van der Waals surface area contributed by atoms with Crippen LogP contribution in [0.4, 0.5) is 5.82 Å². The van der Waals surface area contributed by atoms with Crippen LogP contribution in [0.2, 0.25) is 0 Å². The van der Waals surface area contributed by atoms with Gasteiger partial charge in [-0.3, -0.25) is 0 Å². The number of sulfonamides is 1. The number of pyridine rings is 1. The van der Waals surface area contributed by atoms with E-state index in [0.29, 0.717) is 19.0 Å². The Labute approximate surface area is 114 Å². The fourth-order valence-corrected chi connectivity index (χ4v) is 4.09. The maximum Gasteiger partial charge on any atom is 0.243 e.